The van der Waals surface area contributed by atoms with Crippen LogP contribution in [-0.2, 0) is 11.2 Å². The van der Waals surface area contributed by atoms with Crippen molar-refractivity contribution in [2.45, 2.75) is 13.3 Å². The highest BCUT2D eigenvalue weighted by molar-refractivity contribution is 6.41. The molecule has 0 saturated heterocycles. The van der Waals surface area contributed by atoms with Gasteiger partial charge in [-0.3, -0.25) is 4.79 Å². The maximum Gasteiger partial charge on any atom is 0.377 e. The topological polar surface area (TPSA) is 54.4 Å². The Labute approximate surface area is 90.5 Å². The lowest BCUT2D eigenvalue weighted by atomic mass is 10.0. The van der Waals surface area contributed by atoms with Crippen LogP contribution < -0.4 is 0 Å². The van der Waals surface area contributed by atoms with Crippen molar-refractivity contribution >= 4 is 23.4 Å². The first kappa shape index (κ1) is 11.7. The smallest absolute Gasteiger partial charge is 0.377 e. The Kier molecular flexibility index (Phi) is 3.42. The van der Waals surface area contributed by atoms with E-state index in [0.717, 1.165) is 12.1 Å². The molecule has 1 N–H and O–H groups in total. The van der Waals surface area contributed by atoms with E-state index in [0.29, 0.717) is 6.42 Å². The maximum atomic E-state index is 13.0. The number of Topliss-reactive ketones (excluding diaryl/α,β-unsaturated/α-hetero) is 1. The number of aliphatic carboxylic acids is 1. The second-order valence-corrected chi connectivity index (χ2v) is 3.25. The molecule has 0 spiro atoms. The number of carbonyl (C=O) groups is 2. The second-order valence-electron chi connectivity index (χ2n) is 2.88. The molecule has 0 amide bonds. The Balaban J connectivity index is 3.37. The van der Waals surface area contributed by atoms with Gasteiger partial charge in [0.15, 0.2) is 0 Å². The first-order valence-corrected chi connectivity index (χ1v) is 4.61. The van der Waals surface area contributed by atoms with Gasteiger partial charge in [-0.15, -0.1) is 0 Å². The van der Waals surface area contributed by atoms with Gasteiger partial charge in [-0.25, -0.2) is 9.18 Å². The monoisotopic (exact) mass is 230 g/mol. The van der Waals surface area contributed by atoms with Crippen LogP contribution in [0.1, 0.15) is 22.8 Å². The van der Waals surface area contributed by atoms with E-state index in [-0.39, 0.29) is 16.1 Å². The van der Waals surface area contributed by atoms with E-state index in [9.17, 15) is 14.0 Å². The SMILES string of the molecule is CCc1c(C(=O)C(=O)O)ccc(F)c1Cl. The predicted octanol–water partition coefficient (Wildman–Crippen LogP) is 2.31. The second kappa shape index (κ2) is 4.40. The van der Waals surface area contributed by atoms with E-state index in [1.54, 1.807) is 6.92 Å². The van der Waals surface area contributed by atoms with Crippen molar-refractivity contribution in [3.63, 3.8) is 0 Å². The number of halogens is 2. The molecule has 0 aromatic heterocycles. The van der Waals surface area contributed by atoms with Crippen molar-refractivity contribution in [2.75, 3.05) is 0 Å². The maximum absolute atomic E-state index is 13.0. The van der Waals surface area contributed by atoms with E-state index in [2.05, 4.69) is 0 Å². The third kappa shape index (κ3) is 2.15. The molecule has 0 radical (unpaired) electrons. The molecule has 0 bridgehead atoms. The minimum atomic E-state index is -1.58. The van der Waals surface area contributed by atoms with Crippen molar-refractivity contribution in [1.82, 2.24) is 0 Å². The fourth-order valence-corrected chi connectivity index (χ4v) is 1.56. The summed E-state index contributed by atoms with van der Waals surface area (Å²) in [4.78, 5) is 21.7. The molecule has 1 rings (SSSR count). The molecule has 0 atom stereocenters. The number of rotatable bonds is 3. The highest BCUT2D eigenvalue weighted by Gasteiger charge is 2.20. The van der Waals surface area contributed by atoms with E-state index < -0.39 is 17.6 Å². The Morgan fingerprint density at radius 2 is 2.07 bits per heavy atom. The molecule has 0 aliphatic rings. The van der Waals surface area contributed by atoms with Gasteiger partial charge in [-0.2, -0.15) is 0 Å². The highest BCUT2D eigenvalue weighted by atomic mass is 35.5. The summed E-state index contributed by atoms with van der Waals surface area (Å²) in [6.45, 7) is 1.67. The van der Waals surface area contributed by atoms with Crippen molar-refractivity contribution in [3.05, 3.63) is 34.1 Å². The number of carbonyl (C=O) groups excluding carboxylic acids is 1. The van der Waals surface area contributed by atoms with Crippen LogP contribution in [0.25, 0.3) is 0 Å². The summed E-state index contributed by atoms with van der Waals surface area (Å²) >= 11 is 5.63. The Bertz CT molecular complexity index is 429. The lowest BCUT2D eigenvalue weighted by molar-refractivity contribution is -0.131. The number of hydrogen-bond donors (Lipinski definition) is 1. The number of carboxylic acids is 1. The average Bonchev–Trinajstić information content (AvgIpc) is 2.20. The molecule has 0 fully saturated rings. The van der Waals surface area contributed by atoms with E-state index >= 15 is 0 Å². The van der Waals surface area contributed by atoms with Crippen LogP contribution in [0.15, 0.2) is 12.1 Å². The third-order valence-corrected chi connectivity index (χ3v) is 2.40. The zero-order valence-electron chi connectivity index (χ0n) is 7.88. The zero-order chi connectivity index (χ0) is 11.6. The summed E-state index contributed by atoms with van der Waals surface area (Å²) in [6.07, 6.45) is 0.297. The van der Waals surface area contributed by atoms with Gasteiger partial charge in [-0.05, 0) is 24.1 Å². The molecule has 15 heavy (non-hydrogen) atoms. The molecular formula is C10H8ClFO3. The minimum absolute atomic E-state index is 0.0589. The van der Waals surface area contributed by atoms with Crippen LogP contribution >= 0.6 is 11.6 Å². The van der Waals surface area contributed by atoms with E-state index in [1.165, 1.54) is 0 Å². The molecule has 80 valence electrons. The Morgan fingerprint density at radius 1 is 1.47 bits per heavy atom. The van der Waals surface area contributed by atoms with Crippen molar-refractivity contribution in [2.24, 2.45) is 0 Å². The Hall–Kier alpha value is -1.42. The number of ketones is 1. The zero-order valence-corrected chi connectivity index (χ0v) is 8.64. The van der Waals surface area contributed by atoms with E-state index in [4.69, 9.17) is 16.7 Å². The van der Waals surface area contributed by atoms with Crippen molar-refractivity contribution in [1.29, 1.82) is 0 Å². The third-order valence-electron chi connectivity index (χ3n) is 1.99. The molecule has 0 aliphatic heterocycles. The van der Waals surface area contributed by atoms with Crippen LogP contribution in [0.4, 0.5) is 4.39 Å². The van der Waals surface area contributed by atoms with Crippen LogP contribution in [0.2, 0.25) is 5.02 Å². The lowest BCUT2D eigenvalue weighted by Crippen LogP contribution is -2.15. The van der Waals surface area contributed by atoms with Gasteiger partial charge < -0.3 is 5.11 Å². The summed E-state index contributed by atoms with van der Waals surface area (Å²) in [5.41, 5.74) is 0.167. The molecule has 0 heterocycles. The molecule has 0 unspecified atom stereocenters. The molecule has 5 heteroatoms. The first-order valence-electron chi connectivity index (χ1n) is 4.23. The van der Waals surface area contributed by atoms with Crippen molar-refractivity contribution in [3.8, 4) is 0 Å². The van der Waals surface area contributed by atoms with Crippen LogP contribution in [0.5, 0.6) is 0 Å². The molecular weight excluding hydrogens is 223 g/mol. The van der Waals surface area contributed by atoms with Gasteiger partial charge in [0.1, 0.15) is 5.82 Å². The van der Waals surface area contributed by atoms with Crippen LogP contribution in [-0.4, -0.2) is 16.9 Å². The van der Waals surface area contributed by atoms with Gasteiger partial charge >= 0.3 is 5.97 Å². The van der Waals surface area contributed by atoms with Crippen molar-refractivity contribution < 1.29 is 19.1 Å². The highest BCUT2D eigenvalue weighted by Crippen LogP contribution is 2.24. The molecule has 1 aromatic carbocycles. The van der Waals surface area contributed by atoms with Gasteiger partial charge in [0, 0.05) is 5.56 Å². The Morgan fingerprint density at radius 3 is 2.53 bits per heavy atom. The summed E-state index contributed by atoms with van der Waals surface area (Å²) in [7, 11) is 0. The van der Waals surface area contributed by atoms with Crippen LogP contribution in [0, 0.1) is 5.82 Å². The quantitative estimate of drug-likeness (QED) is 0.640. The minimum Gasteiger partial charge on any atom is -0.475 e. The van der Waals surface area contributed by atoms with Gasteiger partial charge in [0.2, 0.25) is 0 Å². The molecule has 0 saturated carbocycles. The number of benzene rings is 1. The summed E-state index contributed by atoms with van der Waals surface area (Å²) < 4.78 is 13.0. The molecule has 1 aromatic rings. The summed E-state index contributed by atoms with van der Waals surface area (Å²) in [5.74, 6) is -3.31. The fraction of sp³-hybridized carbons (Fsp3) is 0.200. The molecule has 3 nitrogen and oxygen atoms in total. The standard InChI is InChI=1S/C10H8ClFO3/c1-2-5-6(9(13)10(14)15)3-4-7(12)8(5)11/h3-4H,2H2,1H3,(H,14,15). The summed E-state index contributed by atoms with van der Waals surface area (Å²) in [6, 6.07) is 2.12. The lowest BCUT2D eigenvalue weighted by Gasteiger charge is -2.07. The molecule has 0 aliphatic carbocycles. The summed E-state index contributed by atoms with van der Waals surface area (Å²) in [5, 5.41) is 8.34. The normalized spacial score (nSPS) is 10.1. The van der Waals surface area contributed by atoms with E-state index in [1.807, 2.05) is 0 Å². The van der Waals surface area contributed by atoms with Gasteiger partial charge in [-0.1, -0.05) is 18.5 Å². The van der Waals surface area contributed by atoms with Gasteiger partial charge in [0.05, 0.1) is 5.02 Å². The average molecular weight is 231 g/mol. The fourth-order valence-electron chi connectivity index (χ4n) is 1.27. The largest absolute Gasteiger partial charge is 0.475 e. The first-order chi connectivity index (χ1) is 6.99. The predicted molar refractivity (Wildman–Crippen MR) is 52.8 cm³/mol. The number of hydrogen-bond acceptors (Lipinski definition) is 2. The van der Waals surface area contributed by atoms with Crippen LogP contribution in [0.3, 0.4) is 0 Å². The van der Waals surface area contributed by atoms with Gasteiger partial charge in [0.25, 0.3) is 5.78 Å². The number of carboxylic acid groups (broad SMARTS) is 1.